The lowest BCUT2D eigenvalue weighted by atomic mass is 10.1. The molecule has 0 radical (unpaired) electrons. The van der Waals surface area contributed by atoms with Gasteiger partial charge in [-0.3, -0.25) is 4.79 Å². The highest BCUT2D eigenvalue weighted by atomic mass is 19.4. The van der Waals surface area contributed by atoms with E-state index in [1.807, 2.05) is 0 Å². The number of aromatic nitrogens is 3. The monoisotopic (exact) mass is 409 g/mol. The summed E-state index contributed by atoms with van der Waals surface area (Å²) in [5, 5.41) is 7.07. The minimum absolute atomic E-state index is 0.133. The Morgan fingerprint density at radius 1 is 1.07 bits per heavy atom. The Morgan fingerprint density at radius 2 is 1.76 bits per heavy atom. The van der Waals surface area contributed by atoms with E-state index in [4.69, 9.17) is 9.26 Å². The first kappa shape index (κ1) is 20.6. The van der Waals surface area contributed by atoms with Crippen molar-refractivity contribution in [2.75, 3.05) is 6.61 Å². The molecule has 0 saturated carbocycles. The highest BCUT2D eigenvalue weighted by Gasteiger charge is 2.38. The zero-order chi connectivity index (χ0) is 21.2. The Morgan fingerprint density at radius 3 is 2.31 bits per heavy atom. The van der Waals surface area contributed by atoms with Crippen LogP contribution in [-0.2, 0) is 6.18 Å². The highest BCUT2D eigenvalue weighted by Crippen LogP contribution is 2.32. The number of nitrogens with zero attached hydrogens (tertiary/aromatic N) is 3. The Labute approximate surface area is 163 Å². The molecular weight excluding hydrogens is 391 g/mol. The van der Waals surface area contributed by atoms with Crippen LogP contribution in [0.5, 0.6) is 5.75 Å². The van der Waals surface area contributed by atoms with Crippen LogP contribution >= 0.6 is 0 Å². The third kappa shape index (κ3) is 4.82. The average molecular weight is 409 g/mol. The predicted molar refractivity (Wildman–Crippen MR) is 94.5 cm³/mol. The number of hydrogen-bond acceptors (Lipinski definition) is 7. The minimum atomic E-state index is -4.69. The lowest BCUT2D eigenvalue weighted by Crippen LogP contribution is -2.06. The van der Waals surface area contributed by atoms with E-state index in [0.29, 0.717) is 41.2 Å². The summed E-state index contributed by atoms with van der Waals surface area (Å²) in [5.41, 5.74) is 2.09. The number of carbonyl (C=O) groups is 1. The number of alkyl halides is 3. The van der Waals surface area contributed by atoms with Crippen molar-refractivity contribution in [1.82, 2.24) is 15.3 Å². The van der Waals surface area contributed by atoms with E-state index < -0.39 is 12.1 Å². The van der Waals surface area contributed by atoms with Crippen LogP contribution in [0.25, 0.3) is 11.4 Å². The van der Waals surface area contributed by atoms with Crippen molar-refractivity contribution in [3.63, 3.8) is 0 Å². The standard InChI is InChI=1S/C19H18F3N3O4/c1-10-7-13(17-23-18(29-25-17)19(20,21)22)8-11(2)16(10)27-6-4-5-15(26)14-9-12(3)28-24-14/h7-9H,4-6H2,1-3H3. The van der Waals surface area contributed by atoms with Gasteiger partial charge in [-0.2, -0.15) is 18.2 Å². The van der Waals surface area contributed by atoms with E-state index in [1.165, 1.54) is 0 Å². The number of hydrogen-bond donors (Lipinski definition) is 0. The number of carbonyl (C=O) groups excluding carboxylic acids is 1. The number of rotatable bonds is 7. The van der Waals surface area contributed by atoms with Crippen LogP contribution in [0.2, 0.25) is 0 Å². The zero-order valence-corrected chi connectivity index (χ0v) is 16.0. The fourth-order valence-electron chi connectivity index (χ4n) is 2.80. The van der Waals surface area contributed by atoms with Gasteiger partial charge in [0, 0.05) is 18.1 Å². The number of ketones is 1. The lowest BCUT2D eigenvalue weighted by Gasteiger charge is -2.13. The van der Waals surface area contributed by atoms with Gasteiger partial charge in [-0.25, -0.2) is 0 Å². The Kier molecular flexibility index (Phi) is 5.71. The van der Waals surface area contributed by atoms with Gasteiger partial charge in [0.1, 0.15) is 17.2 Å². The minimum Gasteiger partial charge on any atom is -0.493 e. The van der Waals surface area contributed by atoms with E-state index in [0.717, 1.165) is 0 Å². The van der Waals surface area contributed by atoms with Crippen LogP contribution in [0.4, 0.5) is 13.2 Å². The third-order valence-corrected chi connectivity index (χ3v) is 4.10. The quantitative estimate of drug-likeness (QED) is 0.412. The molecule has 10 heteroatoms. The van der Waals surface area contributed by atoms with Crippen LogP contribution in [0, 0.1) is 20.8 Å². The predicted octanol–water partition coefficient (Wildman–Crippen LogP) is 4.71. The molecule has 0 N–H and O–H groups in total. The van der Waals surface area contributed by atoms with Gasteiger partial charge in [-0.05, 0) is 50.5 Å². The van der Waals surface area contributed by atoms with E-state index in [9.17, 15) is 18.0 Å². The van der Waals surface area contributed by atoms with E-state index in [1.54, 1.807) is 39.0 Å². The van der Waals surface area contributed by atoms with Crippen molar-refractivity contribution in [1.29, 1.82) is 0 Å². The van der Waals surface area contributed by atoms with E-state index in [2.05, 4.69) is 19.8 Å². The summed E-state index contributed by atoms with van der Waals surface area (Å²) in [7, 11) is 0. The topological polar surface area (TPSA) is 91.2 Å². The molecule has 2 aromatic heterocycles. The van der Waals surface area contributed by atoms with E-state index >= 15 is 0 Å². The smallest absolute Gasteiger partial charge is 0.471 e. The first-order chi connectivity index (χ1) is 13.6. The van der Waals surface area contributed by atoms with Gasteiger partial charge in [0.25, 0.3) is 0 Å². The average Bonchev–Trinajstić information content (AvgIpc) is 3.29. The van der Waals surface area contributed by atoms with Gasteiger partial charge in [0.15, 0.2) is 5.78 Å². The number of aryl methyl sites for hydroxylation is 3. The lowest BCUT2D eigenvalue weighted by molar-refractivity contribution is -0.159. The maximum atomic E-state index is 12.6. The fraction of sp³-hybridized carbons (Fsp3) is 0.368. The molecule has 0 bridgehead atoms. The van der Waals surface area contributed by atoms with Gasteiger partial charge in [0.05, 0.1) is 6.61 Å². The zero-order valence-electron chi connectivity index (χ0n) is 16.0. The molecule has 1 aromatic carbocycles. The molecule has 0 unspecified atom stereocenters. The summed E-state index contributed by atoms with van der Waals surface area (Å²) in [6.07, 6.45) is -3.96. The number of halogens is 3. The molecule has 3 aromatic rings. The molecule has 7 nitrogen and oxygen atoms in total. The molecule has 0 fully saturated rings. The SMILES string of the molecule is Cc1cc(C(=O)CCCOc2c(C)cc(-c3noc(C(F)(F)F)n3)cc2C)no1. The highest BCUT2D eigenvalue weighted by molar-refractivity contribution is 5.94. The second-order valence-corrected chi connectivity index (χ2v) is 6.56. The maximum Gasteiger partial charge on any atom is 0.471 e. The first-order valence-electron chi connectivity index (χ1n) is 8.77. The van der Waals surface area contributed by atoms with Crippen molar-refractivity contribution >= 4 is 5.78 Å². The Hall–Kier alpha value is -3.17. The van der Waals surface area contributed by atoms with Crippen molar-refractivity contribution in [3.05, 3.63) is 46.7 Å². The summed E-state index contributed by atoms with van der Waals surface area (Å²) in [4.78, 5) is 15.4. The molecule has 0 aliphatic heterocycles. The molecule has 0 amide bonds. The molecule has 154 valence electrons. The van der Waals surface area contributed by atoms with Crippen LogP contribution in [0.1, 0.15) is 46.1 Å². The molecule has 0 aliphatic rings. The van der Waals surface area contributed by atoms with Gasteiger partial charge < -0.3 is 13.8 Å². The molecule has 0 spiro atoms. The molecule has 2 heterocycles. The van der Waals surface area contributed by atoms with E-state index in [-0.39, 0.29) is 23.7 Å². The summed E-state index contributed by atoms with van der Waals surface area (Å²) < 4.78 is 52.8. The number of benzene rings is 1. The fourth-order valence-corrected chi connectivity index (χ4v) is 2.80. The molecular formula is C19H18F3N3O4. The van der Waals surface area contributed by atoms with Crippen molar-refractivity contribution in [3.8, 4) is 17.1 Å². The first-order valence-corrected chi connectivity index (χ1v) is 8.77. The van der Waals surface area contributed by atoms with Crippen LogP contribution in [0.15, 0.2) is 27.2 Å². The summed E-state index contributed by atoms with van der Waals surface area (Å²) >= 11 is 0. The van der Waals surface area contributed by atoms with Crippen LogP contribution < -0.4 is 4.74 Å². The molecule has 0 atom stereocenters. The second kappa shape index (κ2) is 8.06. The molecule has 0 saturated heterocycles. The summed E-state index contributed by atoms with van der Waals surface area (Å²) in [5.74, 6) is -0.511. The Balaban J connectivity index is 1.62. The van der Waals surface area contributed by atoms with Gasteiger partial charge in [-0.1, -0.05) is 10.3 Å². The summed E-state index contributed by atoms with van der Waals surface area (Å²) in [6, 6.07) is 4.83. The van der Waals surface area contributed by atoms with Crippen molar-refractivity contribution < 1.29 is 31.7 Å². The molecule has 29 heavy (non-hydrogen) atoms. The van der Waals surface area contributed by atoms with Gasteiger partial charge in [0.2, 0.25) is 5.82 Å². The van der Waals surface area contributed by atoms with Gasteiger partial charge in [-0.15, -0.1) is 0 Å². The number of Topliss-reactive ketones (excluding diaryl/α,β-unsaturated/α-hetero) is 1. The third-order valence-electron chi connectivity index (χ3n) is 4.10. The van der Waals surface area contributed by atoms with Crippen molar-refractivity contribution in [2.45, 2.75) is 39.8 Å². The number of ether oxygens (including phenoxy) is 1. The summed E-state index contributed by atoms with van der Waals surface area (Å²) in [6.45, 7) is 5.53. The maximum absolute atomic E-state index is 12.6. The van der Waals surface area contributed by atoms with Crippen molar-refractivity contribution in [2.24, 2.45) is 0 Å². The second-order valence-electron chi connectivity index (χ2n) is 6.56. The van der Waals surface area contributed by atoms with Gasteiger partial charge >= 0.3 is 12.1 Å². The molecule has 3 rings (SSSR count). The molecule has 0 aliphatic carbocycles. The van der Waals surface area contributed by atoms with Crippen LogP contribution in [-0.4, -0.2) is 27.7 Å². The Bertz CT molecular complexity index is 1000. The van der Waals surface area contributed by atoms with Crippen LogP contribution in [0.3, 0.4) is 0 Å². The normalized spacial score (nSPS) is 11.7. The largest absolute Gasteiger partial charge is 0.493 e.